The summed E-state index contributed by atoms with van der Waals surface area (Å²) < 4.78 is 0. The van der Waals surface area contributed by atoms with Crippen LogP contribution in [0.1, 0.15) is 16.7 Å². The van der Waals surface area contributed by atoms with Crippen molar-refractivity contribution in [1.82, 2.24) is 10.6 Å². The Balaban J connectivity index is 1.90. The maximum atomic E-state index is 11.8. The van der Waals surface area contributed by atoms with E-state index in [1.54, 1.807) is 11.8 Å². The molecule has 1 aromatic carbocycles. The molecule has 4 heteroatoms. The molecule has 2 N–H and O–H groups in total. The van der Waals surface area contributed by atoms with Gasteiger partial charge in [0, 0.05) is 18.2 Å². The Morgan fingerprint density at radius 1 is 1.53 bits per heavy atom. The first-order valence-electron chi connectivity index (χ1n) is 5.82. The van der Waals surface area contributed by atoms with Crippen molar-refractivity contribution < 1.29 is 4.79 Å². The fraction of sp³-hybridized carbons (Fsp3) is 0.462. The zero-order chi connectivity index (χ0) is 12.3. The van der Waals surface area contributed by atoms with Gasteiger partial charge in [-0.1, -0.05) is 23.8 Å². The van der Waals surface area contributed by atoms with E-state index < -0.39 is 0 Å². The van der Waals surface area contributed by atoms with Crippen LogP contribution in [0.4, 0.5) is 0 Å². The molecule has 1 fully saturated rings. The molecule has 1 heterocycles. The third-order valence-electron chi connectivity index (χ3n) is 2.98. The van der Waals surface area contributed by atoms with Gasteiger partial charge in [0.1, 0.15) is 0 Å². The fourth-order valence-corrected chi connectivity index (χ4v) is 2.86. The third-order valence-corrected chi connectivity index (χ3v) is 3.92. The number of amides is 1. The van der Waals surface area contributed by atoms with Crippen molar-refractivity contribution in [3.8, 4) is 0 Å². The first kappa shape index (κ1) is 12.5. The maximum Gasteiger partial charge on any atom is 0.238 e. The van der Waals surface area contributed by atoms with Crippen molar-refractivity contribution in [1.29, 1.82) is 0 Å². The highest BCUT2D eigenvalue weighted by atomic mass is 32.2. The predicted octanol–water partition coefficient (Wildman–Crippen LogP) is 1.58. The van der Waals surface area contributed by atoms with Crippen LogP contribution in [0.5, 0.6) is 0 Å². The highest BCUT2D eigenvalue weighted by Gasteiger charge is 2.21. The molecule has 0 aromatic heterocycles. The van der Waals surface area contributed by atoms with E-state index in [1.165, 1.54) is 16.7 Å². The minimum atomic E-state index is -0.0224. The topological polar surface area (TPSA) is 41.1 Å². The smallest absolute Gasteiger partial charge is 0.238 e. The van der Waals surface area contributed by atoms with Gasteiger partial charge in [-0.15, -0.1) is 11.8 Å². The van der Waals surface area contributed by atoms with Crippen LogP contribution in [0.2, 0.25) is 0 Å². The van der Waals surface area contributed by atoms with E-state index >= 15 is 0 Å². The average molecular weight is 250 g/mol. The van der Waals surface area contributed by atoms with Crippen LogP contribution in [-0.4, -0.2) is 23.6 Å². The number of hydrogen-bond acceptors (Lipinski definition) is 3. The van der Waals surface area contributed by atoms with Crippen molar-refractivity contribution >= 4 is 17.7 Å². The lowest BCUT2D eigenvalue weighted by atomic mass is 10.1. The molecular weight excluding hydrogens is 232 g/mol. The summed E-state index contributed by atoms with van der Waals surface area (Å²) in [5.41, 5.74) is 3.68. The van der Waals surface area contributed by atoms with Gasteiger partial charge >= 0.3 is 0 Å². The molecule has 1 aliphatic heterocycles. The van der Waals surface area contributed by atoms with Crippen LogP contribution < -0.4 is 10.6 Å². The summed E-state index contributed by atoms with van der Waals surface area (Å²) in [4.78, 5) is 11.8. The molecule has 0 radical (unpaired) electrons. The van der Waals surface area contributed by atoms with Crippen LogP contribution in [0, 0.1) is 13.8 Å². The second-order valence-electron chi connectivity index (χ2n) is 4.42. The number of benzene rings is 1. The second kappa shape index (κ2) is 5.56. The zero-order valence-corrected chi connectivity index (χ0v) is 11.1. The van der Waals surface area contributed by atoms with Gasteiger partial charge in [-0.25, -0.2) is 0 Å². The van der Waals surface area contributed by atoms with Crippen molar-refractivity contribution in [2.24, 2.45) is 0 Å². The standard InChI is InChI=1S/C13H18N2OS/c1-9-3-4-11(10(2)5-9)6-14-13(16)12-7-17-8-15-12/h3-5,12,15H,6-8H2,1-2H3,(H,14,16). The molecule has 0 bridgehead atoms. The van der Waals surface area contributed by atoms with Crippen molar-refractivity contribution in [2.75, 3.05) is 11.6 Å². The number of thioether (sulfide) groups is 1. The minimum absolute atomic E-state index is 0.0224. The largest absolute Gasteiger partial charge is 0.351 e. The van der Waals surface area contributed by atoms with E-state index in [0.717, 1.165) is 11.6 Å². The summed E-state index contributed by atoms with van der Waals surface area (Å²) in [5.74, 6) is 1.86. The van der Waals surface area contributed by atoms with Gasteiger partial charge in [-0.2, -0.15) is 0 Å². The lowest BCUT2D eigenvalue weighted by molar-refractivity contribution is -0.122. The molecule has 2 rings (SSSR count). The second-order valence-corrected chi connectivity index (χ2v) is 5.45. The molecule has 0 saturated carbocycles. The first-order valence-corrected chi connectivity index (χ1v) is 6.97. The van der Waals surface area contributed by atoms with Gasteiger partial charge in [-0.05, 0) is 25.0 Å². The minimum Gasteiger partial charge on any atom is -0.351 e. The van der Waals surface area contributed by atoms with E-state index in [9.17, 15) is 4.79 Å². The Hall–Kier alpha value is -1.00. The van der Waals surface area contributed by atoms with Gasteiger partial charge in [0.2, 0.25) is 5.91 Å². The van der Waals surface area contributed by atoms with Crippen LogP contribution >= 0.6 is 11.8 Å². The Morgan fingerprint density at radius 3 is 3.00 bits per heavy atom. The summed E-state index contributed by atoms with van der Waals surface area (Å²) in [6.45, 7) is 4.78. The van der Waals surface area contributed by atoms with Crippen LogP contribution in [0.3, 0.4) is 0 Å². The molecule has 92 valence electrons. The van der Waals surface area contributed by atoms with Gasteiger partial charge < -0.3 is 5.32 Å². The first-order chi connectivity index (χ1) is 8.16. The van der Waals surface area contributed by atoms with Crippen LogP contribution in [0.15, 0.2) is 18.2 Å². The molecule has 3 nitrogen and oxygen atoms in total. The van der Waals surface area contributed by atoms with E-state index in [-0.39, 0.29) is 11.9 Å². The van der Waals surface area contributed by atoms with E-state index in [4.69, 9.17) is 0 Å². The van der Waals surface area contributed by atoms with Crippen molar-refractivity contribution in [3.05, 3.63) is 34.9 Å². The Kier molecular flexibility index (Phi) is 4.07. The maximum absolute atomic E-state index is 11.8. The summed E-state index contributed by atoms with van der Waals surface area (Å²) >= 11 is 1.77. The third kappa shape index (κ3) is 3.23. The van der Waals surface area contributed by atoms with Crippen molar-refractivity contribution in [3.63, 3.8) is 0 Å². The average Bonchev–Trinajstić information content (AvgIpc) is 2.81. The zero-order valence-electron chi connectivity index (χ0n) is 10.2. The normalized spacial score (nSPS) is 19.3. The summed E-state index contributed by atoms with van der Waals surface area (Å²) in [6, 6.07) is 6.29. The van der Waals surface area contributed by atoms with Gasteiger partial charge in [0.05, 0.1) is 6.04 Å². The Labute approximate surface area is 106 Å². The SMILES string of the molecule is Cc1ccc(CNC(=O)C2CSCN2)c(C)c1. The molecule has 1 aliphatic rings. The summed E-state index contributed by atoms with van der Waals surface area (Å²) in [7, 11) is 0. The molecule has 0 aliphatic carbocycles. The van der Waals surface area contributed by atoms with Crippen LogP contribution in [0.25, 0.3) is 0 Å². The molecule has 0 spiro atoms. The highest BCUT2D eigenvalue weighted by Crippen LogP contribution is 2.12. The molecule has 1 amide bonds. The van der Waals surface area contributed by atoms with Crippen molar-refractivity contribution in [2.45, 2.75) is 26.4 Å². The van der Waals surface area contributed by atoms with Crippen LogP contribution in [-0.2, 0) is 11.3 Å². The fourth-order valence-electron chi connectivity index (χ4n) is 1.91. The number of hydrogen-bond donors (Lipinski definition) is 2. The Morgan fingerprint density at radius 2 is 2.35 bits per heavy atom. The predicted molar refractivity (Wildman–Crippen MR) is 72.0 cm³/mol. The molecule has 1 saturated heterocycles. The number of carbonyl (C=O) groups is 1. The summed E-state index contributed by atoms with van der Waals surface area (Å²) in [5, 5.41) is 6.15. The lowest BCUT2D eigenvalue weighted by Gasteiger charge is -2.12. The highest BCUT2D eigenvalue weighted by molar-refractivity contribution is 7.99. The molecule has 17 heavy (non-hydrogen) atoms. The van der Waals surface area contributed by atoms with E-state index in [2.05, 4.69) is 42.7 Å². The monoisotopic (exact) mass is 250 g/mol. The molecule has 1 unspecified atom stereocenters. The number of carbonyl (C=O) groups excluding carboxylic acids is 1. The van der Waals surface area contributed by atoms with Gasteiger partial charge in [0.15, 0.2) is 0 Å². The quantitative estimate of drug-likeness (QED) is 0.856. The molecule has 1 aromatic rings. The van der Waals surface area contributed by atoms with Gasteiger partial charge in [0.25, 0.3) is 0 Å². The molecular formula is C13H18N2OS. The Bertz CT molecular complexity index is 414. The van der Waals surface area contributed by atoms with E-state index in [1.807, 2.05) is 0 Å². The number of nitrogens with one attached hydrogen (secondary N) is 2. The summed E-state index contributed by atoms with van der Waals surface area (Å²) in [6.07, 6.45) is 0. The molecule has 1 atom stereocenters. The number of rotatable bonds is 3. The number of aryl methyl sites for hydroxylation is 2. The van der Waals surface area contributed by atoms with E-state index in [0.29, 0.717) is 6.54 Å². The van der Waals surface area contributed by atoms with Gasteiger partial charge in [-0.3, -0.25) is 10.1 Å². The lowest BCUT2D eigenvalue weighted by Crippen LogP contribution is -2.41.